The molecule has 0 amide bonds. The van der Waals surface area contributed by atoms with Crippen molar-refractivity contribution in [2.24, 2.45) is 11.7 Å². The van der Waals surface area contributed by atoms with E-state index in [1.165, 1.54) is 6.42 Å². The maximum absolute atomic E-state index is 9.29. The molecule has 102 valence electrons. The van der Waals surface area contributed by atoms with Crippen LogP contribution in [0.3, 0.4) is 0 Å². The third-order valence-electron chi connectivity index (χ3n) is 4.62. The van der Waals surface area contributed by atoms with Crippen LogP contribution in [0.25, 0.3) is 0 Å². The summed E-state index contributed by atoms with van der Waals surface area (Å²) in [5.74, 6) is 0.440. The lowest BCUT2D eigenvalue weighted by Crippen LogP contribution is -2.56. The maximum Gasteiger partial charge on any atom is 0.119 e. The highest BCUT2D eigenvalue weighted by Crippen LogP contribution is 2.38. The molecular weight excluding hydrogens is 224 g/mol. The summed E-state index contributed by atoms with van der Waals surface area (Å²) in [5.41, 5.74) is 5.64. The summed E-state index contributed by atoms with van der Waals surface area (Å²) in [6.07, 6.45) is 3.48. The summed E-state index contributed by atoms with van der Waals surface area (Å²) in [4.78, 5) is 4.92. The average Bonchev–Trinajstić information content (AvgIpc) is 3.23. The molecule has 1 heterocycles. The Bertz CT molecular complexity index is 312. The van der Waals surface area contributed by atoms with E-state index in [-0.39, 0.29) is 0 Å². The van der Waals surface area contributed by atoms with Crippen molar-refractivity contribution in [1.29, 1.82) is 5.26 Å². The van der Waals surface area contributed by atoms with Gasteiger partial charge < -0.3 is 5.73 Å². The standard InChI is InChI=1S/C14H26N4/c1-3-12(2)18-8-6-17(7-9-18)11-14(16,10-15)13-4-5-13/h12-13H,3-9,11,16H2,1-2H3. The third-order valence-corrected chi connectivity index (χ3v) is 4.62. The predicted molar refractivity (Wildman–Crippen MR) is 73.0 cm³/mol. The van der Waals surface area contributed by atoms with Gasteiger partial charge in [0.2, 0.25) is 0 Å². The van der Waals surface area contributed by atoms with Gasteiger partial charge in [-0.25, -0.2) is 0 Å². The van der Waals surface area contributed by atoms with Crippen LogP contribution in [0.2, 0.25) is 0 Å². The molecule has 1 saturated carbocycles. The van der Waals surface area contributed by atoms with Crippen LogP contribution in [-0.2, 0) is 0 Å². The molecule has 0 bridgehead atoms. The lowest BCUT2D eigenvalue weighted by molar-refractivity contribution is 0.0886. The minimum atomic E-state index is -0.599. The average molecular weight is 250 g/mol. The first-order valence-electron chi connectivity index (χ1n) is 7.25. The molecule has 2 fully saturated rings. The predicted octanol–water partition coefficient (Wildman–Crippen LogP) is 1.03. The second-order valence-electron chi connectivity index (χ2n) is 6.00. The molecule has 2 rings (SSSR count). The van der Waals surface area contributed by atoms with Crippen molar-refractivity contribution in [3.63, 3.8) is 0 Å². The summed E-state index contributed by atoms with van der Waals surface area (Å²) in [6, 6.07) is 3.03. The van der Waals surface area contributed by atoms with E-state index in [0.717, 1.165) is 45.6 Å². The first-order chi connectivity index (χ1) is 8.59. The molecule has 0 radical (unpaired) electrons. The molecule has 2 unspecified atom stereocenters. The van der Waals surface area contributed by atoms with Crippen LogP contribution in [0.1, 0.15) is 33.1 Å². The number of nitrogens with zero attached hydrogens (tertiary/aromatic N) is 3. The van der Waals surface area contributed by atoms with Gasteiger partial charge in [0.1, 0.15) is 5.54 Å². The molecule has 0 aromatic rings. The van der Waals surface area contributed by atoms with Crippen molar-refractivity contribution in [3.05, 3.63) is 0 Å². The van der Waals surface area contributed by atoms with Crippen LogP contribution in [0.5, 0.6) is 0 Å². The number of piperazine rings is 1. The Morgan fingerprint density at radius 3 is 2.39 bits per heavy atom. The Morgan fingerprint density at radius 2 is 1.94 bits per heavy atom. The van der Waals surface area contributed by atoms with Gasteiger partial charge in [0, 0.05) is 38.8 Å². The van der Waals surface area contributed by atoms with Gasteiger partial charge in [-0.15, -0.1) is 0 Å². The summed E-state index contributed by atoms with van der Waals surface area (Å²) in [5, 5.41) is 9.29. The number of nitrogens with two attached hydrogens (primary N) is 1. The molecule has 0 aromatic heterocycles. The number of hydrogen-bond donors (Lipinski definition) is 1. The molecule has 18 heavy (non-hydrogen) atoms. The first kappa shape index (κ1) is 13.8. The normalized spacial score (nSPS) is 27.4. The van der Waals surface area contributed by atoms with Gasteiger partial charge in [0.15, 0.2) is 0 Å². The Labute approximate surface area is 111 Å². The van der Waals surface area contributed by atoms with Gasteiger partial charge in [-0.1, -0.05) is 6.92 Å². The van der Waals surface area contributed by atoms with Crippen LogP contribution in [0, 0.1) is 17.2 Å². The third kappa shape index (κ3) is 3.03. The van der Waals surface area contributed by atoms with E-state index in [1.807, 2.05) is 0 Å². The second-order valence-corrected chi connectivity index (χ2v) is 6.00. The lowest BCUT2D eigenvalue weighted by atomic mass is 9.95. The van der Waals surface area contributed by atoms with E-state index in [4.69, 9.17) is 5.73 Å². The zero-order chi connectivity index (χ0) is 13.2. The van der Waals surface area contributed by atoms with Crippen molar-refractivity contribution in [2.75, 3.05) is 32.7 Å². The molecule has 1 saturated heterocycles. The van der Waals surface area contributed by atoms with E-state index in [9.17, 15) is 5.26 Å². The molecule has 4 heteroatoms. The highest BCUT2D eigenvalue weighted by molar-refractivity contribution is 5.14. The second kappa shape index (κ2) is 5.56. The molecule has 1 aliphatic carbocycles. The highest BCUT2D eigenvalue weighted by Gasteiger charge is 2.44. The van der Waals surface area contributed by atoms with Crippen molar-refractivity contribution < 1.29 is 0 Å². The summed E-state index contributed by atoms with van der Waals surface area (Å²) >= 11 is 0. The number of rotatable bonds is 5. The van der Waals surface area contributed by atoms with Crippen LogP contribution in [-0.4, -0.2) is 54.1 Å². The van der Waals surface area contributed by atoms with Crippen LogP contribution >= 0.6 is 0 Å². The van der Waals surface area contributed by atoms with Crippen molar-refractivity contribution in [1.82, 2.24) is 9.80 Å². The fourth-order valence-corrected chi connectivity index (χ4v) is 2.84. The molecule has 0 spiro atoms. The molecule has 2 aliphatic rings. The topological polar surface area (TPSA) is 56.3 Å². The van der Waals surface area contributed by atoms with Gasteiger partial charge in [0.25, 0.3) is 0 Å². The van der Waals surface area contributed by atoms with Gasteiger partial charge in [-0.3, -0.25) is 9.80 Å². The molecule has 1 aliphatic heterocycles. The van der Waals surface area contributed by atoms with Crippen molar-refractivity contribution in [3.8, 4) is 6.07 Å². The lowest BCUT2D eigenvalue weighted by Gasteiger charge is -2.40. The van der Waals surface area contributed by atoms with E-state index in [0.29, 0.717) is 12.0 Å². The van der Waals surface area contributed by atoms with Crippen LogP contribution < -0.4 is 5.73 Å². The Morgan fingerprint density at radius 1 is 1.33 bits per heavy atom. The van der Waals surface area contributed by atoms with E-state index in [1.54, 1.807) is 0 Å². The van der Waals surface area contributed by atoms with Crippen LogP contribution in [0.15, 0.2) is 0 Å². The van der Waals surface area contributed by atoms with Crippen molar-refractivity contribution in [2.45, 2.75) is 44.7 Å². The van der Waals surface area contributed by atoms with Crippen LogP contribution in [0.4, 0.5) is 0 Å². The smallest absolute Gasteiger partial charge is 0.119 e. The van der Waals surface area contributed by atoms with E-state index < -0.39 is 5.54 Å². The van der Waals surface area contributed by atoms with Gasteiger partial charge in [-0.05, 0) is 32.1 Å². The zero-order valence-corrected chi connectivity index (χ0v) is 11.7. The van der Waals surface area contributed by atoms with Gasteiger partial charge in [0.05, 0.1) is 6.07 Å². The monoisotopic (exact) mass is 250 g/mol. The minimum absolute atomic E-state index is 0.440. The van der Waals surface area contributed by atoms with Gasteiger partial charge >= 0.3 is 0 Å². The fourth-order valence-electron chi connectivity index (χ4n) is 2.84. The molecule has 2 N–H and O–H groups in total. The Balaban J connectivity index is 1.81. The summed E-state index contributed by atoms with van der Waals surface area (Å²) in [7, 11) is 0. The molecular formula is C14H26N4. The van der Waals surface area contributed by atoms with E-state index in [2.05, 4.69) is 29.7 Å². The molecule has 0 aromatic carbocycles. The van der Waals surface area contributed by atoms with Gasteiger partial charge in [-0.2, -0.15) is 5.26 Å². The zero-order valence-electron chi connectivity index (χ0n) is 11.7. The fraction of sp³-hybridized carbons (Fsp3) is 0.929. The SMILES string of the molecule is CCC(C)N1CCN(CC(N)(C#N)C2CC2)CC1. The Kier molecular flexibility index (Phi) is 4.26. The highest BCUT2D eigenvalue weighted by atomic mass is 15.3. The quantitative estimate of drug-likeness (QED) is 0.792. The summed E-state index contributed by atoms with van der Waals surface area (Å²) in [6.45, 7) is 9.62. The number of hydrogen-bond acceptors (Lipinski definition) is 4. The first-order valence-corrected chi connectivity index (χ1v) is 7.25. The minimum Gasteiger partial charge on any atom is -0.312 e. The number of nitriles is 1. The van der Waals surface area contributed by atoms with E-state index >= 15 is 0 Å². The maximum atomic E-state index is 9.29. The van der Waals surface area contributed by atoms with Crippen molar-refractivity contribution >= 4 is 0 Å². The molecule has 4 nitrogen and oxygen atoms in total. The Hall–Kier alpha value is -0.630. The summed E-state index contributed by atoms with van der Waals surface area (Å²) < 4.78 is 0. The largest absolute Gasteiger partial charge is 0.312 e. The molecule has 2 atom stereocenters.